The number of aryl methyl sites for hydroxylation is 1. The maximum Gasteiger partial charge on any atom is 0.173 e. The molecular weight excluding hydrogens is 360 g/mol. The lowest BCUT2D eigenvalue weighted by Crippen LogP contribution is -2.08. The van der Waals surface area contributed by atoms with Gasteiger partial charge in [-0.3, -0.25) is 0 Å². The molecular formula is C21H18N2OS2. The Labute approximate surface area is 159 Å². The van der Waals surface area contributed by atoms with E-state index in [1.165, 1.54) is 0 Å². The summed E-state index contributed by atoms with van der Waals surface area (Å²) < 4.78 is 14.8. The van der Waals surface area contributed by atoms with Crippen molar-refractivity contribution in [1.82, 2.24) is 9.19 Å². The minimum absolute atomic E-state index is 0.755. The highest BCUT2D eigenvalue weighted by Crippen LogP contribution is 2.33. The van der Waals surface area contributed by atoms with Gasteiger partial charge >= 0.3 is 0 Å². The second-order valence-electron chi connectivity index (χ2n) is 6.05. The quantitative estimate of drug-likeness (QED) is 0.478. The molecule has 0 N–H and O–H groups in total. The van der Waals surface area contributed by atoms with E-state index in [4.69, 9.17) is 0 Å². The molecule has 0 radical (unpaired) electrons. The molecule has 0 saturated carbocycles. The van der Waals surface area contributed by atoms with Crippen LogP contribution in [0, 0.1) is 13.8 Å². The molecule has 1 unspecified atom stereocenters. The molecule has 1 atom stereocenters. The summed E-state index contributed by atoms with van der Waals surface area (Å²) in [5.74, 6) is 0. The van der Waals surface area contributed by atoms with E-state index in [1.807, 2.05) is 68.4 Å². The predicted octanol–water partition coefficient (Wildman–Crippen LogP) is 5.38. The molecule has 0 saturated heterocycles. The van der Waals surface area contributed by atoms with Crippen LogP contribution in [0.15, 0.2) is 87.5 Å². The van der Waals surface area contributed by atoms with Crippen molar-refractivity contribution >= 4 is 33.5 Å². The highest BCUT2D eigenvalue weighted by Gasteiger charge is 2.18. The summed E-state index contributed by atoms with van der Waals surface area (Å²) in [4.78, 5) is 2.96. The number of hydrogen-bond donors (Lipinski definition) is 0. The summed E-state index contributed by atoms with van der Waals surface area (Å²) in [7, 11) is -1.37. The average molecular weight is 379 g/mol. The summed E-state index contributed by atoms with van der Waals surface area (Å²) in [5, 5.41) is 6.78. The predicted molar refractivity (Wildman–Crippen MR) is 108 cm³/mol. The number of nitrogens with zero attached hydrogens (tertiary/aromatic N) is 2. The van der Waals surface area contributed by atoms with Gasteiger partial charge in [0.2, 0.25) is 0 Å². The highest BCUT2D eigenvalue weighted by atomic mass is 32.2. The third-order valence-corrected chi connectivity index (χ3v) is 6.86. The Kier molecular flexibility index (Phi) is 4.66. The van der Waals surface area contributed by atoms with Gasteiger partial charge in [0.05, 0.1) is 21.2 Å². The largest absolute Gasteiger partial charge is 0.229 e. The second-order valence-corrected chi connectivity index (χ2v) is 8.45. The molecule has 4 rings (SSSR count). The van der Waals surface area contributed by atoms with Gasteiger partial charge in [0.25, 0.3) is 0 Å². The molecule has 26 heavy (non-hydrogen) atoms. The van der Waals surface area contributed by atoms with E-state index in [1.54, 1.807) is 15.8 Å². The fourth-order valence-corrected chi connectivity index (χ4v) is 5.05. The number of fused-ring (bicyclic) bond motifs is 1. The summed E-state index contributed by atoms with van der Waals surface area (Å²) >= 11 is 1.66. The van der Waals surface area contributed by atoms with E-state index >= 15 is 0 Å². The van der Waals surface area contributed by atoms with Crippen molar-refractivity contribution in [2.24, 2.45) is 0 Å². The van der Waals surface area contributed by atoms with E-state index in [0.29, 0.717) is 0 Å². The molecule has 3 aromatic carbocycles. The third kappa shape index (κ3) is 3.20. The Morgan fingerprint density at radius 1 is 0.885 bits per heavy atom. The minimum atomic E-state index is -1.37. The van der Waals surface area contributed by atoms with Crippen molar-refractivity contribution in [2.45, 2.75) is 28.5 Å². The van der Waals surface area contributed by atoms with Crippen LogP contribution in [0.1, 0.15) is 11.4 Å². The van der Waals surface area contributed by atoms with E-state index in [0.717, 1.165) is 36.8 Å². The van der Waals surface area contributed by atoms with Crippen LogP contribution in [0.25, 0.3) is 10.8 Å². The first-order chi connectivity index (χ1) is 12.6. The van der Waals surface area contributed by atoms with Crippen molar-refractivity contribution in [3.63, 3.8) is 0 Å². The molecule has 0 spiro atoms. The van der Waals surface area contributed by atoms with Crippen molar-refractivity contribution in [3.05, 3.63) is 84.2 Å². The normalized spacial score (nSPS) is 12.4. The number of aromatic nitrogens is 2. The molecule has 4 aromatic rings. The smallest absolute Gasteiger partial charge is 0.173 e. The molecule has 0 amide bonds. The monoisotopic (exact) mass is 378 g/mol. The topological polar surface area (TPSA) is 34.9 Å². The molecule has 0 aliphatic heterocycles. The van der Waals surface area contributed by atoms with E-state index in [-0.39, 0.29) is 0 Å². The lowest BCUT2D eigenvalue weighted by atomic mass is 10.1. The van der Waals surface area contributed by atoms with Crippen LogP contribution < -0.4 is 0 Å². The van der Waals surface area contributed by atoms with Gasteiger partial charge < -0.3 is 0 Å². The molecule has 0 aliphatic carbocycles. The SMILES string of the molecule is Cc1nn(S(=O)c2ccc3ccccc3c2)c(C)c1Sc1ccccc1. The van der Waals surface area contributed by atoms with Crippen LogP contribution in [0.3, 0.4) is 0 Å². The fraction of sp³-hybridized carbons (Fsp3) is 0.0952. The Morgan fingerprint density at radius 2 is 1.58 bits per heavy atom. The minimum Gasteiger partial charge on any atom is -0.229 e. The molecule has 0 aliphatic rings. The lowest BCUT2D eigenvalue weighted by Gasteiger charge is -2.07. The average Bonchev–Trinajstić information content (AvgIpc) is 2.96. The van der Waals surface area contributed by atoms with Gasteiger partial charge in [0.15, 0.2) is 11.0 Å². The Bertz CT molecular complexity index is 1100. The molecule has 130 valence electrons. The van der Waals surface area contributed by atoms with Gasteiger partial charge in [-0.1, -0.05) is 60.3 Å². The molecule has 5 heteroatoms. The first-order valence-corrected chi connectivity index (χ1v) is 10.3. The van der Waals surface area contributed by atoms with Crippen molar-refractivity contribution in [2.75, 3.05) is 0 Å². The highest BCUT2D eigenvalue weighted by molar-refractivity contribution is 7.99. The number of rotatable bonds is 4. The zero-order valence-electron chi connectivity index (χ0n) is 14.5. The van der Waals surface area contributed by atoms with Crippen molar-refractivity contribution < 1.29 is 4.21 Å². The van der Waals surface area contributed by atoms with Crippen molar-refractivity contribution in [3.8, 4) is 0 Å². The van der Waals surface area contributed by atoms with Gasteiger partial charge in [0, 0.05) is 4.90 Å². The Morgan fingerprint density at radius 3 is 2.35 bits per heavy atom. The molecule has 0 fully saturated rings. The molecule has 3 nitrogen and oxygen atoms in total. The van der Waals surface area contributed by atoms with Crippen LogP contribution in [-0.4, -0.2) is 13.4 Å². The lowest BCUT2D eigenvalue weighted by molar-refractivity contribution is 0.668. The zero-order valence-corrected chi connectivity index (χ0v) is 16.2. The fourth-order valence-electron chi connectivity index (χ4n) is 2.90. The van der Waals surface area contributed by atoms with Gasteiger partial charge in [0.1, 0.15) is 0 Å². The van der Waals surface area contributed by atoms with Gasteiger partial charge in [-0.2, -0.15) is 9.19 Å². The molecule has 1 aromatic heterocycles. The number of hydrogen-bond acceptors (Lipinski definition) is 3. The standard InChI is InChI=1S/C21H18N2OS2/c1-15-21(25-19-10-4-3-5-11-19)16(2)23(22-15)26(24)20-13-12-17-8-6-7-9-18(17)14-20/h3-14H,1-2H3. The van der Waals surface area contributed by atoms with Crippen LogP contribution in [0.4, 0.5) is 0 Å². The Hall–Kier alpha value is -2.37. The van der Waals surface area contributed by atoms with Crippen LogP contribution >= 0.6 is 11.8 Å². The Balaban J connectivity index is 1.70. The van der Waals surface area contributed by atoms with Crippen LogP contribution in [0.2, 0.25) is 0 Å². The maximum atomic E-state index is 13.1. The number of benzene rings is 3. The molecule has 1 heterocycles. The van der Waals surface area contributed by atoms with Gasteiger partial charge in [-0.15, -0.1) is 0 Å². The van der Waals surface area contributed by atoms with Crippen LogP contribution in [0.5, 0.6) is 0 Å². The van der Waals surface area contributed by atoms with E-state index in [9.17, 15) is 4.21 Å². The second kappa shape index (κ2) is 7.09. The van der Waals surface area contributed by atoms with Gasteiger partial charge in [-0.25, -0.2) is 4.21 Å². The first kappa shape index (κ1) is 17.1. The van der Waals surface area contributed by atoms with E-state index < -0.39 is 11.0 Å². The van der Waals surface area contributed by atoms with Gasteiger partial charge in [-0.05, 0) is 48.9 Å². The van der Waals surface area contributed by atoms with E-state index in [2.05, 4.69) is 23.3 Å². The summed E-state index contributed by atoms with van der Waals surface area (Å²) in [6.45, 7) is 3.94. The van der Waals surface area contributed by atoms with Crippen molar-refractivity contribution in [1.29, 1.82) is 0 Å². The zero-order chi connectivity index (χ0) is 18.1. The first-order valence-electron chi connectivity index (χ1n) is 8.33. The van der Waals surface area contributed by atoms with Crippen LogP contribution in [-0.2, 0) is 11.0 Å². The summed E-state index contributed by atoms with van der Waals surface area (Å²) in [6, 6.07) is 24.2. The molecule has 0 bridgehead atoms. The maximum absolute atomic E-state index is 13.1. The third-order valence-electron chi connectivity index (χ3n) is 4.23. The summed E-state index contributed by atoms with van der Waals surface area (Å²) in [5.41, 5.74) is 1.81. The summed E-state index contributed by atoms with van der Waals surface area (Å²) in [6.07, 6.45) is 0.